The van der Waals surface area contributed by atoms with Crippen molar-refractivity contribution in [1.29, 1.82) is 0 Å². The lowest BCUT2D eigenvalue weighted by Gasteiger charge is -2.34. The third-order valence-corrected chi connectivity index (χ3v) is 4.82. The molecule has 0 bridgehead atoms. The number of carbonyl (C=O) groups is 1. The van der Waals surface area contributed by atoms with Crippen molar-refractivity contribution in [2.45, 2.75) is 12.8 Å². The Balaban J connectivity index is 1.37. The van der Waals surface area contributed by atoms with Crippen LogP contribution in [-0.2, 0) is 9.53 Å². The van der Waals surface area contributed by atoms with Crippen molar-refractivity contribution in [2.24, 2.45) is 5.92 Å². The maximum Gasteiger partial charge on any atom is 0.239 e. The number of amides is 1. The van der Waals surface area contributed by atoms with Gasteiger partial charge >= 0.3 is 0 Å². The van der Waals surface area contributed by atoms with Gasteiger partial charge in [-0.2, -0.15) is 0 Å². The van der Waals surface area contributed by atoms with E-state index in [9.17, 15) is 4.79 Å². The Bertz CT molecular complexity index is 713. The van der Waals surface area contributed by atoms with Gasteiger partial charge in [-0.3, -0.25) is 10.2 Å². The molecule has 2 aliphatic heterocycles. The first-order valence-electron chi connectivity index (χ1n) is 9.05. The summed E-state index contributed by atoms with van der Waals surface area (Å²) in [6, 6.07) is 7.52. The van der Waals surface area contributed by atoms with E-state index in [0.717, 1.165) is 38.3 Å². The van der Waals surface area contributed by atoms with Crippen molar-refractivity contribution in [3.8, 4) is 11.5 Å². The summed E-state index contributed by atoms with van der Waals surface area (Å²) in [4.78, 5) is 14.7. The highest BCUT2D eigenvalue weighted by Crippen LogP contribution is 2.23. The van der Waals surface area contributed by atoms with Gasteiger partial charge in [-0.05, 0) is 37.1 Å². The minimum Gasteiger partial charge on any atom is -0.463 e. The van der Waals surface area contributed by atoms with Gasteiger partial charge in [-0.25, -0.2) is 5.01 Å². The molecular formula is C18H23N5O3. The molecule has 26 heavy (non-hydrogen) atoms. The van der Waals surface area contributed by atoms with Crippen molar-refractivity contribution < 1.29 is 13.9 Å². The van der Waals surface area contributed by atoms with Gasteiger partial charge in [0.1, 0.15) is 5.69 Å². The number of nitrogens with zero attached hydrogens (tertiary/aromatic N) is 4. The van der Waals surface area contributed by atoms with Gasteiger partial charge in [0.2, 0.25) is 5.91 Å². The zero-order chi connectivity index (χ0) is 17.8. The van der Waals surface area contributed by atoms with Crippen LogP contribution < -0.4 is 10.3 Å². The van der Waals surface area contributed by atoms with E-state index in [0.29, 0.717) is 31.2 Å². The summed E-state index contributed by atoms with van der Waals surface area (Å²) in [5, 5.41) is 10.5. The van der Waals surface area contributed by atoms with Crippen LogP contribution in [0.2, 0.25) is 0 Å². The van der Waals surface area contributed by atoms with E-state index >= 15 is 0 Å². The van der Waals surface area contributed by atoms with Crippen molar-refractivity contribution in [1.82, 2.24) is 20.6 Å². The molecule has 0 radical (unpaired) electrons. The number of hydrogen-bond donors (Lipinski definition) is 1. The zero-order valence-electron chi connectivity index (χ0n) is 14.6. The van der Waals surface area contributed by atoms with Crippen molar-refractivity contribution in [2.75, 3.05) is 44.3 Å². The lowest BCUT2D eigenvalue weighted by Crippen LogP contribution is -2.52. The average Bonchev–Trinajstić information content (AvgIpc) is 3.24. The summed E-state index contributed by atoms with van der Waals surface area (Å²) in [6.45, 7) is 4.34. The second kappa shape index (κ2) is 7.84. The second-order valence-electron chi connectivity index (χ2n) is 6.61. The van der Waals surface area contributed by atoms with Crippen LogP contribution in [-0.4, -0.2) is 60.5 Å². The van der Waals surface area contributed by atoms with E-state index < -0.39 is 0 Å². The molecule has 2 saturated heterocycles. The van der Waals surface area contributed by atoms with E-state index in [4.69, 9.17) is 9.15 Å². The van der Waals surface area contributed by atoms with Gasteiger partial charge in [-0.15, -0.1) is 10.2 Å². The Morgan fingerprint density at radius 1 is 1.15 bits per heavy atom. The van der Waals surface area contributed by atoms with Gasteiger partial charge in [-0.1, -0.05) is 0 Å². The number of ether oxygens (including phenoxy) is 1. The molecule has 0 aromatic carbocycles. The number of piperidine rings is 1. The SMILES string of the molecule is O=C(NN1CCOCC1)[C@H]1CCCN(c2ccc(-c3ccco3)nn2)C1. The van der Waals surface area contributed by atoms with E-state index in [1.807, 2.05) is 29.3 Å². The fourth-order valence-corrected chi connectivity index (χ4v) is 3.37. The van der Waals surface area contributed by atoms with Crippen LogP contribution in [0.25, 0.3) is 11.5 Å². The Kier molecular flexibility index (Phi) is 5.12. The monoisotopic (exact) mass is 357 g/mol. The summed E-state index contributed by atoms with van der Waals surface area (Å²) in [7, 11) is 0. The summed E-state index contributed by atoms with van der Waals surface area (Å²) >= 11 is 0. The van der Waals surface area contributed by atoms with Crippen molar-refractivity contribution >= 4 is 11.7 Å². The second-order valence-corrected chi connectivity index (χ2v) is 6.61. The number of rotatable bonds is 4. The highest BCUT2D eigenvalue weighted by Gasteiger charge is 2.28. The summed E-state index contributed by atoms with van der Waals surface area (Å²) in [5.74, 6) is 1.53. The Morgan fingerprint density at radius 2 is 2.04 bits per heavy atom. The van der Waals surface area contributed by atoms with E-state index in [1.54, 1.807) is 6.26 Å². The molecule has 2 aliphatic rings. The average molecular weight is 357 g/mol. The van der Waals surface area contributed by atoms with Crippen LogP contribution in [0.3, 0.4) is 0 Å². The third kappa shape index (κ3) is 3.86. The standard InChI is InChI=1S/C18H23N5O3/c24-18(21-23-8-11-25-12-9-23)14-3-1-7-22(13-14)17-6-5-15(19-20-17)16-4-2-10-26-16/h2,4-6,10,14H,1,3,7-9,11-13H2,(H,21,24)/t14-/m0/s1. The predicted molar refractivity (Wildman–Crippen MR) is 95.2 cm³/mol. The minimum absolute atomic E-state index is 0.0434. The molecule has 1 atom stereocenters. The van der Waals surface area contributed by atoms with Crippen LogP contribution in [0.5, 0.6) is 0 Å². The molecule has 0 saturated carbocycles. The number of furan rings is 1. The fourth-order valence-electron chi connectivity index (χ4n) is 3.37. The molecule has 0 unspecified atom stereocenters. The molecule has 1 N–H and O–H groups in total. The highest BCUT2D eigenvalue weighted by molar-refractivity contribution is 5.79. The van der Waals surface area contributed by atoms with Crippen molar-refractivity contribution in [3.05, 3.63) is 30.5 Å². The van der Waals surface area contributed by atoms with E-state index in [-0.39, 0.29) is 11.8 Å². The van der Waals surface area contributed by atoms with Gasteiger partial charge in [0, 0.05) is 26.2 Å². The van der Waals surface area contributed by atoms with Gasteiger partial charge < -0.3 is 14.1 Å². The topological polar surface area (TPSA) is 83.7 Å². The van der Waals surface area contributed by atoms with E-state index in [1.165, 1.54) is 0 Å². The van der Waals surface area contributed by atoms with Crippen LogP contribution in [0.1, 0.15) is 12.8 Å². The third-order valence-electron chi connectivity index (χ3n) is 4.82. The molecule has 0 aliphatic carbocycles. The molecule has 1 amide bonds. The maximum atomic E-state index is 12.6. The largest absolute Gasteiger partial charge is 0.463 e. The number of morpholine rings is 1. The lowest BCUT2D eigenvalue weighted by molar-refractivity contribution is -0.132. The van der Waals surface area contributed by atoms with Crippen LogP contribution in [0.4, 0.5) is 5.82 Å². The normalized spacial score (nSPS) is 21.5. The number of anilines is 1. The summed E-state index contributed by atoms with van der Waals surface area (Å²) < 4.78 is 10.7. The first-order valence-corrected chi connectivity index (χ1v) is 9.05. The minimum atomic E-state index is -0.0434. The van der Waals surface area contributed by atoms with E-state index in [2.05, 4.69) is 20.5 Å². The molecule has 8 heteroatoms. The highest BCUT2D eigenvalue weighted by atomic mass is 16.5. The zero-order valence-corrected chi connectivity index (χ0v) is 14.6. The summed E-state index contributed by atoms with van der Waals surface area (Å²) in [5.41, 5.74) is 3.73. The summed E-state index contributed by atoms with van der Waals surface area (Å²) in [6.07, 6.45) is 3.47. The molecule has 4 rings (SSSR count). The Morgan fingerprint density at radius 3 is 2.77 bits per heavy atom. The van der Waals surface area contributed by atoms with Gasteiger partial charge in [0.25, 0.3) is 0 Å². The Hall–Kier alpha value is -2.45. The number of hydrazine groups is 1. The molecule has 8 nitrogen and oxygen atoms in total. The Labute approximate surface area is 152 Å². The number of hydrogen-bond acceptors (Lipinski definition) is 7. The maximum absolute atomic E-state index is 12.6. The quantitative estimate of drug-likeness (QED) is 0.883. The molecule has 2 fully saturated rings. The lowest BCUT2D eigenvalue weighted by atomic mass is 9.97. The molecule has 138 valence electrons. The fraction of sp³-hybridized carbons (Fsp3) is 0.500. The van der Waals surface area contributed by atoms with Crippen LogP contribution in [0.15, 0.2) is 34.9 Å². The first-order chi connectivity index (χ1) is 12.8. The van der Waals surface area contributed by atoms with Crippen LogP contribution >= 0.6 is 0 Å². The van der Waals surface area contributed by atoms with Crippen molar-refractivity contribution in [3.63, 3.8) is 0 Å². The molecule has 2 aromatic heterocycles. The predicted octanol–water partition coefficient (Wildman–Crippen LogP) is 1.32. The molecular weight excluding hydrogens is 334 g/mol. The molecule has 2 aromatic rings. The van der Waals surface area contributed by atoms with Crippen LogP contribution in [0, 0.1) is 5.92 Å². The van der Waals surface area contributed by atoms with Gasteiger partial charge in [0.15, 0.2) is 11.6 Å². The molecule has 0 spiro atoms. The number of nitrogens with one attached hydrogen (secondary N) is 1. The smallest absolute Gasteiger partial charge is 0.239 e. The number of carbonyl (C=O) groups excluding carboxylic acids is 1. The number of aromatic nitrogens is 2. The molecule has 4 heterocycles. The first kappa shape index (κ1) is 17.0. The van der Waals surface area contributed by atoms with Gasteiger partial charge in [0.05, 0.1) is 25.4 Å².